The van der Waals surface area contributed by atoms with Gasteiger partial charge in [-0.2, -0.15) is 0 Å². The fourth-order valence-electron chi connectivity index (χ4n) is 5.54. The maximum atomic E-state index is 6.27. The molecule has 2 aliphatic carbocycles. The Balaban J connectivity index is 1.15. The van der Waals surface area contributed by atoms with Crippen molar-refractivity contribution in [1.82, 2.24) is 0 Å². The lowest BCUT2D eigenvalue weighted by Gasteiger charge is -2.24. The topological polar surface area (TPSA) is 43.5 Å². The van der Waals surface area contributed by atoms with E-state index in [1.165, 1.54) is 72.8 Å². The Morgan fingerprint density at radius 3 is 1.89 bits per heavy atom. The molecule has 0 aromatic heterocycles. The number of ether oxygens (including phenoxy) is 4. The summed E-state index contributed by atoms with van der Waals surface area (Å²) in [6, 6.07) is 15.4. The molecule has 0 spiro atoms. The van der Waals surface area contributed by atoms with Gasteiger partial charge in [0.15, 0.2) is 0 Å². The van der Waals surface area contributed by atoms with Crippen molar-refractivity contribution in [2.75, 3.05) is 26.4 Å². The second-order valence-electron chi connectivity index (χ2n) is 10.7. The van der Waals surface area contributed by atoms with Gasteiger partial charge in [0.05, 0.1) is 13.2 Å². The molecule has 2 aromatic carbocycles. The zero-order valence-corrected chi connectivity index (χ0v) is 21.3. The zero-order valence-electron chi connectivity index (χ0n) is 21.3. The fourth-order valence-corrected chi connectivity index (χ4v) is 5.54. The van der Waals surface area contributed by atoms with Gasteiger partial charge >= 0.3 is 0 Å². The summed E-state index contributed by atoms with van der Waals surface area (Å²) < 4.78 is 22.7. The molecule has 4 heteroatoms. The second-order valence-corrected chi connectivity index (χ2v) is 10.7. The molecule has 6 rings (SSSR count). The quantitative estimate of drug-likeness (QED) is 0.348. The van der Waals surface area contributed by atoms with Crippen molar-refractivity contribution in [3.8, 4) is 11.5 Å². The van der Waals surface area contributed by atoms with Crippen LogP contribution in [-0.2, 0) is 9.47 Å². The highest BCUT2D eigenvalue weighted by atomic mass is 16.6. The molecule has 36 heavy (non-hydrogen) atoms. The molecule has 0 amide bonds. The predicted molar refractivity (Wildman–Crippen MR) is 144 cm³/mol. The van der Waals surface area contributed by atoms with Crippen LogP contribution in [0.15, 0.2) is 54.6 Å². The molecule has 0 N–H and O–H groups in total. The normalized spacial score (nSPS) is 24.2. The van der Waals surface area contributed by atoms with E-state index >= 15 is 0 Å². The predicted octanol–water partition coefficient (Wildman–Crippen LogP) is 7.33. The molecule has 0 radical (unpaired) electrons. The Hall–Kier alpha value is -2.56. The minimum Gasteiger partial charge on any atom is -0.491 e. The summed E-state index contributed by atoms with van der Waals surface area (Å²) >= 11 is 0. The number of allylic oxidation sites excluding steroid dienone is 4. The van der Waals surface area contributed by atoms with Crippen LogP contribution in [0, 0.1) is 0 Å². The number of benzene rings is 2. The van der Waals surface area contributed by atoms with Crippen LogP contribution >= 0.6 is 0 Å². The Morgan fingerprint density at radius 1 is 0.667 bits per heavy atom. The minimum absolute atomic E-state index is 0.285. The molecule has 2 unspecified atom stereocenters. The van der Waals surface area contributed by atoms with Gasteiger partial charge in [0, 0.05) is 0 Å². The van der Waals surface area contributed by atoms with Crippen LogP contribution in [0.4, 0.5) is 0 Å². The SMILES string of the molecule is C1=C(c2ccc(OCC3CO3)cc2)CC=C(c2ccc(OCC3CO3)c(C3CCCCCCC3)c2)C1. The molecule has 2 heterocycles. The summed E-state index contributed by atoms with van der Waals surface area (Å²) in [4.78, 5) is 0. The average molecular weight is 487 g/mol. The van der Waals surface area contributed by atoms with Crippen LogP contribution in [0.3, 0.4) is 0 Å². The number of epoxide rings is 2. The maximum Gasteiger partial charge on any atom is 0.122 e. The van der Waals surface area contributed by atoms with E-state index in [2.05, 4.69) is 54.6 Å². The lowest BCUT2D eigenvalue weighted by atomic mass is 9.83. The molecule has 4 nitrogen and oxygen atoms in total. The van der Waals surface area contributed by atoms with E-state index in [-0.39, 0.29) is 12.2 Å². The fraction of sp³-hybridized carbons (Fsp3) is 0.500. The smallest absolute Gasteiger partial charge is 0.122 e. The van der Waals surface area contributed by atoms with Crippen LogP contribution in [0.1, 0.15) is 80.4 Å². The molecule has 3 fully saturated rings. The Labute approximate surface area is 215 Å². The van der Waals surface area contributed by atoms with Gasteiger partial charge in [-0.3, -0.25) is 0 Å². The van der Waals surface area contributed by atoms with E-state index in [0.29, 0.717) is 19.1 Å². The van der Waals surface area contributed by atoms with Crippen LogP contribution in [0.5, 0.6) is 11.5 Å². The molecule has 2 saturated heterocycles. The van der Waals surface area contributed by atoms with E-state index in [1.807, 2.05) is 0 Å². The van der Waals surface area contributed by atoms with Gasteiger partial charge in [-0.25, -0.2) is 0 Å². The lowest BCUT2D eigenvalue weighted by Crippen LogP contribution is -2.10. The largest absolute Gasteiger partial charge is 0.491 e. The van der Waals surface area contributed by atoms with Crippen LogP contribution in [-0.4, -0.2) is 38.6 Å². The summed E-state index contributed by atoms with van der Waals surface area (Å²) in [6.45, 7) is 2.98. The molecule has 2 aliphatic heterocycles. The second kappa shape index (κ2) is 11.2. The first kappa shape index (κ1) is 23.8. The van der Waals surface area contributed by atoms with Crippen LogP contribution in [0.25, 0.3) is 11.1 Å². The van der Waals surface area contributed by atoms with Gasteiger partial charge in [-0.1, -0.05) is 62.5 Å². The average Bonchev–Trinajstić information content (AvgIpc) is 3.82. The third-order valence-corrected chi connectivity index (χ3v) is 7.95. The van der Waals surface area contributed by atoms with Gasteiger partial charge in [-0.15, -0.1) is 0 Å². The summed E-state index contributed by atoms with van der Waals surface area (Å²) in [5, 5.41) is 0. The van der Waals surface area contributed by atoms with Crippen LogP contribution < -0.4 is 9.47 Å². The molecule has 0 bridgehead atoms. The Kier molecular flexibility index (Phi) is 7.43. The third-order valence-electron chi connectivity index (χ3n) is 7.95. The standard InChI is InChI=1S/C32H38O4/c1-2-4-6-26(7-5-3-1)31-18-27(14-17-32(31)36-22-30-21-35-30)25-10-8-23(9-11-25)24-12-15-28(16-13-24)33-19-29-20-34-29/h8,11-18,26,29-30H,1-7,9-10,19-22H2. The summed E-state index contributed by atoms with van der Waals surface area (Å²) in [6.07, 6.45) is 16.6. The maximum absolute atomic E-state index is 6.27. The molecule has 4 aliphatic rings. The lowest BCUT2D eigenvalue weighted by molar-refractivity contribution is 0.259. The van der Waals surface area contributed by atoms with Crippen molar-refractivity contribution in [2.45, 2.75) is 75.9 Å². The van der Waals surface area contributed by atoms with Crippen molar-refractivity contribution in [2.24, 2.45) is 0 Å². The highest BCUT2D eigenvalue weighted by Crippen LogP contribution is 2.40. The number of hydrogen-bond donors (Lipinski definition) is 0. The monoisotopic (exact) mass is 486 g/mol. The van der Waals surface area contributed by atoms with Gasteiger partial charge in [0.25, 0.3) is 0 Å². The molecule has 2 aromatic rings. The highest BCUT2D eigenvalue weighted by molar-refractivity contribution is 5.78. The van der Waals surface area contributed by atoms with Crippen LogP contribution in [0.2, 0.25) is 0 Å². The van der Waals surface area contributed by atoms with Gasteiger partial charge in [0.2, 0.25) is 0 Å². The first-order valence-corrected chi connectivity index (χ1v) is 13.9. The number of rotatable bonds is 9. The van der Waals surface area contributed by atoms with E-state index in [4.69, 9.17) is 18.9 Å². The van der Waals surface area contributed by atoms with Crippen molar-refractivity contribution >= 4 is 11.1 Å². The zero-order chi connectivity index (χ0) is 24.2. The van der Waals surface area contributed by atoms with E-state index < -0.39 is 0 Å². The molecular formula is C32H38O4. The molecule has 1 saturated carbocycles. The third kappa shape index (κ3) is 6.22. The molecule has 190 valence electrons. The summed E-state index contributed by atoms with van der Waals surface area (Å²) in [7, 11) is 0. The van der Waals surface area contributed by atoms with Crippen molar-refractivity contribution in [1.29, 1.82) is 0 Å². The van der Waals surface area contributed by atoms with E-state index in [0.717, 1.165) is 37.6 Å². The first-order chi connectivity index (χ1) is 17.8. The molecule has 2 atom stereocenters. The molecular weight excluding hydrogens is 448 g/mol. The van der Waals surface area contributed by atoms with Crippen molar-refractivity contribution < 1.29 is 18.9 Å². The van der Waals surface area contributed by atoms with Gasteiger partial charge in [0.1, 0.15) is 36.9 Å². The Morgan fingerprint density at radius 2 is 1.25 bits per heavy atom. The minimum atomic E-state index is 0.285. The van der Waals surface area contributed by atoms with Crippen molar-refractivity contribution in [3.05, 3.63) is 71.3 Å². The number of hydrogen-bond acceptors (Lipinski definition) is 4. The van der Waals surface area contributed by atoms with Gasteiger partial charge < -0.3 is 18.9 Å². The summed E-state index contributed by atoms with van der Waals surface area (Å²) in [5.74, 6) is 2.59. The summed E-state index contributed by atoms with van der Waals surface area (Å²) in [5.41, 5.74) is 6.86. The Bertz CT molecular complexity index is 1080. The first-order valence-electron chi connectivity index (χ1n) is 13.9. The van der Waals surface area contributed by atoms with E-state index in [9.17, 15) is 0 Å². The van der Waals surface area contributed by atoms with E-state index in [1.54, 1.807) is 0 Å². The highest BCUT2D eigenvalue weighted by Gasteiger charge is 2.25. The van der Waals surface area contributed by atoms with Gasteiger partial charge in [-0.05, 0) is 83.7 Å². The van der Waals surface area contributed by atoms with Crippen molar-refractivity contribution in [3.63, 3.8) is 0 Å².